The molecule has 0 fully saturated rings. The standard InChI is InChI=1S/C13H19BrN2O/c1-8(2)12(15)13(17)16-9(3)10-4-6-11(14)7-5-10/h4-9,12H,15H2,1-3H3,(H,16,17)/t9-,12+/m0/s1. The normalized spacial score (nSPS) is 14.5. The molecule has 1 aromatic rings. The first kappa shape index (κ1) is 14.2. The van der Waals surface area contributed by atoms with E-state index in [1.807, 2.05) is 45.0 Å². The third-order valence-electron chi connectivity index (χ3n) is 2.75. The van der Waals surface area contributed by atoms with E-state index < -0.39 is 6.04 Å². The van der Waals surface area contributed by atoms with Crippen LogP contribution in [-0.2, 0) is 4.79 Å². The summed E-state index contributed by atoms with van der Waals surface area (Å²) in [5.41, 5.74) is 6.86. The van der Waals surface area contributed by atoms with Gasteiger partial charge in [-0.3, -0.25) is 4.79 Å². The Bertz CT molecular complexity index is 376. The summed E-state index contributed by atoms with van der Waals surface area (Å²) in [4.78, 5) is 11.8. The van der Waals surface area contributed by atoms with Gasteiger partial charge in [-0.2, -0.15) is 0 Å². The van der Waals surface area contributed by atoms with Gasteiger partial charge in [-0.05, 0) is 30.5 Å². The molecule has 0 aliphatic rings. The van der Waals surface area contributed by atoms with Gasteiger partial charge in [0.1, 0.15) is 0 Å². The van der Waals surface area contributed by atoms with Crippen molar-refractivity contribution in [3.8, 4) is 0 Å². The van der Waals surface area contributed by atoms with Gasteiger partial charge >= 0.3 is 0 Å². The Kier molecular flexibility index (Phi) is 5.15. The minimum absolute atomic E-state index is 0.0274. The van der Waals surface area contributed by atoms with Gasteiger partial charge in [-0.1, -0.05) is 41.9 Å². The second-order valence-electron chi connectivity index (χ2n) is 4.55. The summed E-state index contributed by atoms with van der Waals surface area (Å²) in [7, 11) is 0. The van der Waals surface area contributed by atoms with Crippen LogP contribution in [0.3, 0.4) is 0 Å². The second-order valence-corrected chi connectivity index (χ2v) is 5.47. The van der Waals surface area contributed by atoms with E-state index in [-0.39, 0.29) is 17.9 Å². The average molecular weight is 299 g/mol. The van der Waals surface area contributed by atoms with Gasteiger partial charge in [0, 0.05) is 4.47 Å². The van der Waals surface area contributed by atoms with Crippen LogP contribution in [0.4, 0.5) is 0 Å². The van der Waals surface area contributed by atoms with Crippen LogP contribution >= 0.6 is 15.9 Å². The van der Waals surface area contributed by atoms with Gasteiger partial charge < -0.3 is 11.1 Å². The highest BCUT2D eigenvalue weighted by Gasteiger charge is 2.19. The zero-order chi connectivity index (χ0) is 13.0. The Hall–Kier alpha value is -0.870. The molecule has 1 rings (SSSR count). The SMILES string of the molecule is CC(C)[C@@H](N)C(=O)N[C@@H](C)c1ccc(Br)cc1. The third kappa shape index (κ3) is 4.13. The number of hydrogen-bond donors (Lipinski definition) is 2. The van der Waals surface area contributed by atoms with Gasteiger partial charge in [-0.15, -0.1) is 0 Å². The van der Waals surface area contributed by atoms with Crippen LogP contribution in [0.1, 0.15) is 32.4 Å². The van der Waals surface area contributed by atoms with Crippen LogP contribution < -0.4 is 11.1 Å². The van der Waals surface area contributed by atoms with Crippen molar-refractivity contribution in [2.24, 2.45) is 11.7 Å². The average Bonchev–Trinajstić information content (AvgIpc) is 2.28. The number of carbonyl (C=O) groups excluding carboxylic acids is 1. The fourth-order valence-electron chi connectivity index (χ4n) is 1.45. The predicted octanol–water partition coefficient (Wildman–Crippen LogP) is 2.61. The first-order chi connectivity index (χ1) is 7.91. The summed E-state index contributed by atoms with van der Waals surface area (Å²) in [5.74, 6) is 0.0440. The summed E-state index contributed by atoms with van der Waals surface area (Å²) in [6.07, 6.45) is 0. The first-order valence-electron chi connectivity index (χ1n) is 5.73. The maximum atomic E-state index is 11.8. The Morgan fingerprint density at radius 2 is 1.76 bits per heavy atom. The molecular weight excluding hydrogens is 280 g/mol. The third-order valence-corrected chi connectivity index (χ3v) is 3.28. The molecule has 0 saturated heterocycles. The molecule has 3 nitrogen and oxygen atoms in total. The quantitative estimate of drug-likeness (QED) is 0.898. The van der Waals surface area contributed by atoms with E-state index in [0.29, 0.717) is 0 Å². The molecule has 2 atom stereocenters. The maximum absolute atomic E-state index is 11.8. The van der Waals surface area contributed by atoms with Crippen LogP contribution in [0.2, 0.25) is 0 Å². The second kappa shape index (κ2) is 6.17. The van der Waals surface area contributed by atoms with Gasteiger partial charge in [-0.25, -0.2) is 0 Å². The van der Waals surface area contributed by atoms with Crippen molar-refractivity contribution in [1.29, 1.82) is 0 Å². The fraction of sp³-hybridized carbons (Fsp3) is 0.462. The molecule has 94 valence electrons. The number of carbonyl (C=O) groups is 1. The van der Waals surface area contributed by atoms with Gasteiger partial charge in [0.25, 0.3) is 0 Å². The summed E-state index contributed by atoms with van der Waals surface area (Å²) >= 11 is 3.38. The van der Waals surface area contributed by atoms with Crippen molar-refractivity contribution in [2.45, 2.75) is 32.9 Å². The summed E-state index contributed by atoms with van der Waals surface area (Å²) in [6.45, 7) is 5.83. The highest BCUT2D eigenvalue weighted by molar-refractivity contribution is 9.10. The molecule has 0 aliphatic carbocycles. The molecule has 1 aromatic carbocycles. The van der Waals surface area contributed by atoms with E-state index in [4.69, 9.17) is 5.73 Å². The number of amides is 1. The van der Waals surface area contributed by atoms with Crippen molar-refractivity contribution >= 4 is 21.8 Å². The molecule has 0 saturated carbocycles. The minimum Gasteiger partial charge on any atom is -0.348 e. The lowest BCUT2D eigenvalue weighted by Crippen LogP contribution is -2.44. The van der Waals surface area contributed by atoms with Crippen molar-refractivity contribution in [3.05, 3.63) is 34.3 Å². The molecule has 0 aromatic heterocycles. The predicted molar refractivity (Wildman–Crippen MR) is 73.5 cm³/mol. The van der Waals surface area contributed by atoms with Crippen LogP contribution in [0.5, 0.6) is 0 Å². The van der Waals surface area contributed by atoms with Crippen LogP contribution in [0, 0.1) is 5.92 Å². The minimum atomic E-state index is -0.451. The van der Waals surface area contributed by atoms with Crippen molar-refractivity contribution in [1.82, 2.24) is 5.32 Å². The number of nitrogens with one attached hydrogen (secondary N) is 1. The largest absolute Gasteiger partial charge is 0.348 e. The molecular formula is C13H19BrN2O. The van der Waals surface area contributed by atoms with Crippen LogP contribution in [0.15, 0.2) is 28.7 Å². The molecule has 0 aliphatic heterocycles. The van der Waals surface area contributed by atoms with E-state index in [9.17, 15) is 4.79 Å². The fourth-order valence-corrected chi connectivity index (χ4v) is 1.71. The molecule has 3 N–H and O–H groups in total. The van der Waals surface area contributed by atoms with E-state index in [1.165, 1.54) is 0 Å². The molecule has 0 bridgehead atoms. The van der Waals surface area contributed by atoms with E-state index in [2.05, 4.69) is 21.2 Å². The van der Waals surface area contributed by atoms with Crippen LogP contribution in [0.25, 0.3) is 0 Å². The number of hydrogen-bond acceptors (Lipinski definition) is 2. The first-order valence-corrected chi connectivity index (χ1v) is 6.52. The summed E-state index contributed by atoms with van der Waals surface area (Å²) in [6, 6.07) is 7.40. The Balaban J connectivity index is 2.63. The van der Waals surface area contributed by atoms with Crippen molar-refractivity contribution < 1.29 is 4.79 Å². The van der Waals surface area contributed by atoms with Gasteiger partial charge in [0.2, 0.25) is 5.91 Å². The van der Waals surface area contributed by atoms with E-state index >= 15 is 0 Å². The summed E-state index contributed by atoms with van der Waals surface area (Å²) in [5, 5.41) is 2.92. The van der Waals surface area contributed by atoms with E-state index in [1.54, 1.807) is 0 Å². The maximum Gasteiger partial charge on any atom is 0.237 e. The van der Waals surface area contributed by atoms with E-state index in [0.717, 1.165) is 10.0 Å². The highest BCUT2D eigenvalue weighted by atomic mass is 79.9. The smallest absolute Gasteiger partial charge is 0.237 e. The van der Waals surface area contributed by atoms with Gasteiger partial charge in [0.15, 0.2) is 0 Å². The number of halogens is 1. The highest BCUT2D eigenvalue weighted by Crippen LogP contribution is 2.16. The lowest BCUT2D eigenvalue weighted by atomic mass is 10.0. The molecule has 0 unspecified atom stereocenters. The molecule has 0 spiro atoms. The Morgan fingerprint density at radius 1 is 1.24 bits per heavy atom. The number of rotatable bonds is 4. The number of nitrogens with two attached hydrogens (primary N) is 1. The lowest BCUT2D eigenvalue weighted by molar-refractivity contribution is -0.123. The Morgan fingerprint density at radius 3 is 2.24 bits per heavy atom. The molecule has 1 amide bonds. The molecule has 0 heterocycles. The summed E-state index contributed by atoms with van der Waals surface area (Å²) < 4.78 is 1.03. The number of benzene rings is 1. The van der Waals surface area contributed by atoms with Crippen molar-refractivity contribution in [3.63, 3.8) is 0 Å². The van der Waals surface area contributed by atoms with Crippen molar-refractivity contribution in [2.75, 3.05) is 0 Å². The Labute approximate surface area is 111 Å². The molecule has 4 heteroatoms. The molecule has 17 heavy (non-hydrogen) atoms. The topological polar surface area (TPSA) is 55.1 Å². The molecule has 0 radical (unpaired) electrons. The monoisotopic (exact) mass is 298 g/mol. The zero-order valence-electron chi connectivity index (χ0n) is 10.4. The lowest BCUT2D eigenvalue weighted by Gasteiger charge is -2.20. The zero-order valence-corrected chi connectivity index (χ0v) is 12.0. The van der Waals surface area contributed by atoms with Crippen LogP contribution in [-0.4, -0.2) is 11.9 Å². The van der Waals surface area contributed by atoms with Gasteiger partial charge in [0.05, 0.1) is 12.1 Å².